The van der Waals surface area contributed by atoms with E-state index in [4.69, 9.17) is 24.9 Å². The van der Waals surface area contributed by atoms with Crippen LogP contribution in [0.2, 0.25) is 0 Å². The third kappa shape index (κ3) is 7.09. The van der Waals surface area contributed by atoms with E-state index in [9.17, 15) is 9.59 Å². The van der Waals surface area contributed by atoms with Crippen molar-refractivity contribution in [3.63, 3.8) is 0 Å². The maximum Gasteiger partial charge on any atom is 0.341 e. The molecule has 0 saturated carbocycles. The Bertz CT molecular complexity index is 1210. The number of carbonyl (C=O) groups is 2. The van der Waals surface area contributed by atoms with Crippen molar-refractivity contribution >= 4 is 29.0 Å². The molecule has 0 heterocycles. The number of benzene rings is 2. The number of esters is 1. The number of nitrogens with one attached hydrogen (secondary N) is 1. The molecule has 0 aromatic heterocycles. The number of hydrogen-bond donors (Lipinski definition) is 2. The van der Waals surface area contributed by atoms with Gasteiger partial charge in [0.15, 0.2) is 0 Å². The van der Waals surface area contributed by atoms with Gasteiger partial charge in [-0.1, -0.05) is 26.5 Å². The van der Waals surface area contributed by atoms with Crippen LogP contribution in [0.25, 0.3) is 5.70 Å². The first kappa shape index (κ1) is 27.9. The fraction of sp³-hybridized carbons (Fsp3) is 0.250. The first-order valence-corrected chi connectivity index (χ1v) is 11.4. The lowest BCUT2D eigenvalue weighted by Gasteiger charge is -2.11. The van der Waals surface area contributed by atoms with Crippen LogP contribution in [0.5, 0.6) is 11.5 Å². The molecule has 2 rings (SSSR count). The second-order valence-electron chi connectivity index (χ2n) is 7.58. The number of methoxy groups -OCH3 is 3. The number of nitrogens with two attached hydrogens (primary N) is 1. The molecule has 0 radical (unpaired) electrons. The third-order valence-electron chi connectivity index (χ3n) is 5.31. The smallest absolute Gasteiger partial charge is 0.341 e. The van der Waals surface area contributed by atoms with Crippen molar-refractivity contribution in [2.24, 2.45) is 10.7 Å². The highest BCUT2D eigenvalue weighted by Gasteiger charge is 2.15. The van der Waals surface area contributed by atoms with Crippen LogP contribution >= 0.6 is 0 Å². The lowest BCUT2D eigenvalue weighted by atomic mass is 10.0. The molecule has 0 unspecified atom stereocenters. The first-order chi connectivity index (χ1) is 17.3. The van der Waals surface area contributed by atoms with Gasteiger partial charge in [-0.2, -0.15) is 0 Å². The van der Waals surface area contributed by atoms with Gasteiger partial charge in [0.25, 0.3) is 5.91 Å². The zero-order valence-electron chi connectivity index (χ0n) is 21.4. The molecule has 3 N–H and O–H groups in total. The average Bonchev–Trinajstić information content (AvgIpc) is 2.90. The van der Waals surface area contributed by atoms with Crippen LogP contribution in [0.3, 0.4) is 0 Å². The Hall–Kier alpha value is -4.33. The minimum atomic E-state index is -0.542. The van der Waals surface area contributed by atoms with Crippen molar-refractivity contribution in [1.82, 2.24) is 0 Å². The lowest BCUT2D eigenvalue weighted by molar-refractivity contribution is -0.112. The molecular formula is C28H33N3O5. The maximum absolute atomic E-state index is 12.7. The maximum atomic E-state index is 12.7. The Morgan fingerprint density at radius 2 is 1.78 bits per heavy atom. The number of allylic oxidation sites excluding steroid dienone is 3. The Kier molecular flexibility index (Phi) is 10.5. The minimum Gasteiger partial charge on any atom is -0.496 e. The summed E-state index contributed by atoms with van der Waals surface area (Å²) in [4.78, 5) is 29.3. The average molecular weight is 492 g/mol. The van der Waals surface area contributed by atoms with Crippen molar-refractivity contribution in [3.8, 4) is 11.5 Å². The van der Waals surface area contributed by atoms with E-state index in [1.807, 2.05) is 25.1 Å². The Balaban J connectivity index is 2.32. The minimum absolute atomic E-state index is 0.0199. The van der Waals surface area contributed by atoms with Gasteiger partial charge in [-0.25, -0.2) is 4.79 Å². The standard InChI is InChI=1S/C28H33N3O5/c1-7-10-24(19-11-14-25(34-4)18(8-2)15-19)30-20(9-3)16-23(29)27(32)31-21-12-13-22(28(33)36-6)26(17-21)35-5/h7,10-17H,1,8-9,29H2,2-6H3,(H,31,32)/b23-16-,24-10-,30-20+. The monoisotopic (exact) mass is 491 g/mol. The predicted octanol–water partition coefficient (Wildman–Crippen LogP) is 4.91. The molecule has 0 aliphatic rings. The molecule has 0 atom stereocenters. The highest BCUT2D eigenvalue weighted by Crippen LogP contribution is 2.26. The van der Waals surface area contributed by atoms with Crippen LogP contribution in [0.4, 0.5) is 5.69 Å². The molecule has 2 aromatic rings. The molecule has 0 bridgehead atoms. The summed E-state index contributed by atoms with van der Waals surface area (Å²) in [6, 6.07) is 10.4. The summed E-state index contributed by atoms with van der Waals surface area (Å²) >= 11 is 0. The summed E-state index contributed by atoms with van der Waals surface area (Å²) in [7, 11) is 4.35. The number of nitrogens with zero attached hydrogens (tertiary/aromatic N) is 1. The number of aryl methyl sites for hydroxylation is 1. The number of anilines is 1. The summed E-state index contributed by atoms with van der Waals surface area (Å²) in [5, 5.41) is 2.70. The fourth-order valence-electron chi connectivity index (χ4n) is 3.39. The van der Waals surface area contributed by atoms with Gasteiger partial charge in [0.05, 0.1) is 32.7 Å². The zero-order chi connectivity index (χ0) is 26.7. The molecular weight excluding hydrogens is 458 g/mol. The van der Waals surface area contributed by atoms with Crippen LogP contribution in [0.15, 0.2) is 71.9 Å². The zero-order valence-corrected chi connectivity index (χ0v) is 21.4. The van der Waals surface area contributed by atoms with E-state index in [1.54, 1.807) is 25.3 Å². The molecule has 8 heteroatoms. The molecule has 0 saturated heterocycles. The summed E-state index contributed by atoms with van der Waals surface area (Å²) in [5.74, 6) is 0.0225. The number of aliphatic imine (C=N–C) groups is 1. The highest BCUT2D eigenvalue weighted by atomic mass is 16.5. The Morgan fingerprint density at radius 3 is 2.36 bits per heavy atom. The number of ether oxygens (including phenoxy) is 3. The number of amides is 1. The van der Waals surface area contributed by atoms with Gasteiger partial charge in [-0.15, -0.1) is 0 Å². The molecule has 0 fully saturated rings. The van der Waals surface area contributed by atoms with E-state index in [-0.39, 0.29) is 17.0 Å². The second-order valence-corrected chi connectivity index (χ2v) is 7.58. The van der Waals surface area contributed by atoms with Gasteiger partial charge in [0.1, 0.15) is 17.1 Å². The molecule has 36 heavy (non-hydrogen) atoms. The number of carbonyl (C=O) groups excluding carboxylic acids is 2. The Labute approximate surface area is 212 Å². The fourth-order valence-corrected chi connectivity index (χ4v) is 3.39. The normalized spacial score (nSPS) is 12.1. The number of rotatable bonds is 11. The van der Waals surface area contributed by atoms with Crippen LogP contribution < -0.4 is 20.5 Å². The quantitative estimate of drug-likeness (QED) is 0.200. The number of hydrogen-bond acceptors (Lipinski definition) is 7. The van der Waals surface area contributed by atoms with Gasteiger partial charge in [0.2, 0.25) is 0 Å². The summed E-state index contributed by atoms with van der Waals surface area (Å²) < 4.78 is 15.4. The highest BCUT2D eigenvalue weighted by molar-refractivity contribution is 6.09. The molecule has 1 amide bonds. The van der Waals surface area contributed by atoms with Crippen molar-refractivity contribution in [2.75, 3.05) is 26.6 Å². The molecule has 0 aliphatic heterocycles. The Morgan fingerprint density at radius 1 is 1.06 bits per heavy atom. The van der Waals surface area contributed by atoms with Crippen LogP contribution in [-0.2, 0) is 16.0 Å². The molecule has 0 aliphatic carbocycles. The van der Waals surface area contributed by atoms with E-state index in [0.29, 0.717) is 23.5 Å². The third-order valence-corrected chi connectivity index (χ3v) is 5.31. The van der Waals surface area contributed by atoms with Crippen molar-refractivity contribution in [2.45, 2.75) is 26.7 Å². The summed E-state index contributed by atoms with van der Waals surface area (Å²) in [5.41, 5.74) is 9.98. The first-order valence-electron chi connectivity index (χ1n) is 11.4. The predicted molar refractivity (Wildman–Crippen MR) is 144 cm³/mol. The van der Waals surface area contributed by atoms with Gasteiger partial charge in [-0.05, 0) is 60.9 Å². The largest absolute Gasteiger partial charge is 0.496 e. The topological polar surface area (TPSA) is 112 Å². The van der Waals surface area contributed by atoms with Gasteiger partial charge < -0.3 is 25.3 Å². The van der Waals surface area contributed by atoms with E-state index in [1.165, 1.54) is 32.4 Å². The van der Waals surface area contributed by atoms with E-state index < -0.39 is 11.9 Å². The van der Waals surface area contributed by atoms with E-state index >= 15 is 0 Å². The van der Waals surface area contributed by atoms with Gasteiger partial charge in [0, 0.05) is 23.0 Å². The second kappa shape index (κ2) is 13.5. The van der Waals surface area contributed by atoms with Crippen molar-refractivity contribution in [1.29, 1.82) is 0 Å². The molecule has 0 spiro atoms. The van der Waals surface area contributed by atoms with Crippen molar-refractivity contribution in [3.05, 3.63) is 83.6 Å². The molecule has 2 aromatic carbocycles. The molecule has 8 nitrogen and oxygen atoms in total. The van der Waals surface area contributed by atoms with Crippen LogP contribution in [0, 0.1) is 0 Å². The van der Waals surface area contributed by atoms with Crippen molar-refractivity contribution < 1.29 is 23.8 Å². The summed E-state index contributed by atoms with van der Waals surface area (Å²) in [6.45, 7) is 7.77. The van der Waals surface area contributed by atoms with E-state index in [2.05, 4.69) is 18.8 Å². The van der Waals surface area contributed by atoms with Gasteiger partial charge >= 0.3 is 5.97 Å². The SMILES string of the molecule is C=C\C=C(/N=C(/C=C(\N)C(=O)Nc1ccc(C(=O)OC)c(OC)c1)CC)c1ccc(OC)c(CC)c1. The lowest BCUT2D eigenvalue weighted by Crippen LogP contribution is -2.21. The van der Waals surface area contributed by atoms with E-state index in [0.717, 1.165) is 23.3 Å². The summed E-state index contributed by atoms with van der Waals surface area (Å²) in [6.07, 6.45) is 6.35. The molecule has 190 valence electrons. The van der Waals surface area contributed by atoms with Crippen LogP contribution in [-0.4, -0.2) is 38.9 Å². The van der Waals surface area contributed by atoms with Gasteiger partial charge in [-0.3, -0.25) is 9.79 Å². The van der Waals surface area contributed by atoms with Crippen LogP contribution in [0.1, 0.15) is 41.8 Å².